The molecule has 2 aliphatic rings. The van der Waals surface area contributed by atoms with Crippen LogP contribution in [0, 0.1) is 0 Å². The Hall–Kier alpha value is -0.910. The third kappa shape index (κ3) is 3.30. The maximum absolute atomic E-state index is 5.46. The Morgan fingerprint density at radius 2 is 2.14 bits per heavy atom. The molecule has 3 rings (SSSR count). The molecule has 0 spiro atoms. The predicted octanol–water partition coefficient (Wildman–Crippen LogP) is 1.37. The van der Waals surface area contributed by atoms with Crippen molar-refractivity contribution in [1.82, 2.24) is 19.8 Å². The lowest BCUT2D eigenvalue weighted by atomic mass is 10.1. The quantitative estimate of drug-likeness (QED) is 0.890. The van der Waals surface area contributed by atoms with Crippen molar-refractivity contribution >= 4 is 0 Å². The molecule has 0 bridgehead atoms. The van der Waals surface area contributed by atoms with Crippen molar-refractivity contribution in [2.75, 3.05) is 39.4 Å². The third-order valence-corrected chi connectivity index (χ3v) is 4.54. The Bertz CT molecular complexity index is 465. The Labute approximate surface area is 127 Å². The first-order valence-corrected chi connectivity index (χ1v) is 8.39. The van der Waals surface area contributed by atoms with Gasteiger partial charge in [-0.05, 0) is 13.3 Å². The molecule has 118 valence electrons. The van der Waals surface area contributed by atoms with Gasteiger partial charge in [0.25, 0.3) is 0 Å². The Morgan fingerprint density at radius 3 is 2.90 bits per heavy atom. The monoisotopic (exact) mass is 292 g/mol. The zero-order chi connectivity index (χ0) is 14.7. The summed E-state index contributed by atoms with van der Waals surface area (Å²) in [5.41, 5.74) is 2.75. The van der Waals surface area contributed by atoms with Gasteiger partial charge in [0.05, 0.1) is 18.9 Å². The summed E-state index contributed by atoms with van der Waals surface area (Å²) in [4.78, 5) is 7.44. The minimum atomic E-state index is 0.499. The van der Waals surface area contributed by atoms with Crippen LogP contribution in [-0.2, 0) is 24.1 Å². The molecule has 0 aromatic carbocycles. The fraction of sp³-hybridized carbons (Fsp3) is 0.812. The second-order valence-electron chi connectivity index (χ2n) is 6.23. The van der Waals surface area contributed by atoms with Gasteiger partial charge in [-0.3, -0.25) is 4.90 Å². The molecule has 1 aromatic rings. The fourth-order valence-electron chi connectivity index (χ4n) is 3.55. The summed E-state index contributed by atoms with van der Waals surface area (Å²) in [5.74, 6) is 1.28. The number of fused-ring (bicyclic) bond motifs is 1. The molecule has 0 aliphatic carbocycles. The molecular weight excluding hydrogens is 264 g/mol. The number of hydrogen-bond donors (Lipinski definition) is 1. The van der Waals surface area contributed by atoms with E-state index in [4.69, 9.17) is 9.72 Å². The Balaban J connectivity index is 1.79. The van der Waals surface area contributed by atoms with Crippen LogP contribution in [-0.4, -0.2) is 53.8 Å². The van der Waals surface area contributed by atoms with Crippen LogP contribution >= 0.6 is 0 Å². The van der Waals surface area contributed by atoms with Crippen LogP contribution in [0.5, 0.6) is 0 Å². The minimum Gasteiger partial charge on any atom is -0.379 e. The van der Waals surface area contributed by atoms with E-state index in [9.17, 15) is 0 Å². The molecular formula is C16H28N4O. The van der Waals surface area contributed by atoms with Gasteiger partial charge in [0.15, 0.2) is 0 Å². The third-order valence-electron chi connectivity index (χ3n) is 4.54. The van der Waals surface area contributed by atoms with Gasteiger partial charge in [-0.1, -0.05) is 6.92 Å². The van der Waals surface area contributed by atoms with E-state index >= 15 is 0 Å². The topological polar surface area (TPSA) is 42.3 Å². The molecule has 1 N–H and O–H groups in total. The summed E-state index contributed by atoms with van der Waals surface area (Å²) in [6.45, 7) is 11.6. The van der Waals surface area contributed by atoms with Crippen molar-refractivity contribution in [3.8, 4) is 0 Å². The second-order valence-corrected chi connectivity index (χ2v) is 6.23. The first-order valence-electron chi connectivity index (χ1n) is 8.39. The molecule has 3 heterocycles. The normalized spacial score (nSPS) is 21.2. The maximum atomic E-state index is 5.46. The molecule has 2 aliphatic heterocycles. The minimum absolute atomic E-state index is 0.499. The van der Waals surface area contributed by atoms with E-state index in [1.165, 1.54) is 17.2 Å². The van der Waals surface area contributed by atoms with Crippen molar-refractivity contribution in [2.24, 2.45) is 0 Å². The van der Waals surface area contributed by atoms with E-state index in [1.54, 1.807) is 0 Å². The average Bonchev–Trinajstić information content (AvgIpc) is 2.86. The van der Waals surface area contributed by atoms with Gasteiger partial charge in [0.1, 0.15) is 5.82 Å². The number of nitrogens with one attached hydrogen (secondary N) is 1. The lowest BCUT2D eigenvalue weighted by Crippen LogP contribution is -2.40. The van der Waals surface area contributed by atoms with Crippen LogP contribution in [0.1, 0.15) is 43.5 Å². The van der Waals surface area contributed by atoms with Gasteiger partial charge < -0.3 is 14.6 Å². The summed E-state index contributed by atoms with van der Waals surface area (Å²) < 4.78 is 7.99. The molecule has 1 atom stereocenters. The lowest BCUT2D eigenvalue weighted by molar-refractivity contribution is 0.0322. The highest BCUT2D eigenvalue weighted by Gasteiger charge is 2.24. The Morgan fingerprint density at radius 1 is 1.33 bits per heavy atom. The average molecular weight is 292 g/mol. The molecule has 1 unspecified atom stereocenters. The largest absolute Gasteiger partial charge is 0.379 e. The number of ether oxygens (including phenoxy) is 1. The molecule has 0 saturated carbocycles. The van der Waals surface area contributed by atoms with Crippen LogP contribution in [0.4, 0.5) is 0 Å². The number of aryl methyl sites for hydroxylation is 1. The van der Waals surface area contributed by atoms with E-state index in [0.717, 1.165) is 65.2 Å². The number of imidazole rings is 1. The summed E-state index contributed by atoms with van der Waals surface area (Å²) in [6, 6.07) is 0.499. The van der Waals surface area contributed by atoms with Crippen LogP contribution in [0.2, 0.25) is 0 Å². The fourth-order valence-corrected chi connectivity index (χ4v) is 3.55. The highest BCUT2D eigenvalue weighted by atomic mass is 16.5. The number of hydrogen-bond acceptors (Lipinski definition) is 4. The SMILES string of the molecule is CCCc1nc2c(n1C(C)CN1CCOCC1)CCNC2. The first kappa shape index (κ1) is 15.0. The van der Waals surface area contributed by atoms with Gasteiger partial charge in [-0.2, -0.15) is 0 Å². The summed E-state index contributed by atoms with van der Waals surface area (Å²) >= 11 is 0. The van der Waals surface area contributed by atoms with Crippen molar-refractivity contribution < 1.29 is 4.74 Å². The molecule has 0 amide bonds. The second kappa shape index (κ2) is 6.90. The maximum Gasteiger partial charge on any atom is 0.109 e. The Kier molecular flexibility index (Phi) is 4.93. The first-order chi connectivity index (χ1) is 10.3. The van der Waals surface area contributed by atoms with Crippen LogP contribution in [0.15, 0.2) is 0 Å². The smallest absolute Gasteiger partial charge is 0.109 e. The van der Waals surface area contributed by atoms with Crippen molar-refractivity contribution in [3.05, 3.63) is 17.2 Å². The van der Waals surface area contributed by atoms with E-state index < -0.39 is 0 Å². The van der Waals surface area contributed by atoms with Gasteiger partial charge in [-0.25, -0.2) is 4.98 Å². The van der Waals surface area contributed by atoms with E-state index in [0.29, 0.717) is 6.04 Å². The zero-order valence-electron chi connectivity index (χ0n) is 13.4. The standard InChI is InChI=1S/C16H28N4O/c1-3-4-16-18-14-11-17-6-5-15(14)20(16)13(2)12-19-7-9-21-10-8-19/h13,17H,3-12H2,1-2H3. The highest BCUT2D eigenvalue weighted by molar-refractivity contribution is 5.21. The zero-order valence-corrected chi connectivity index (χ0v) is 13.4. The highest BCUT2D eigenvalue weighted by Crippen LogP contribution is 2.23. The number of aromatic nitrogens is 2. The van der Waals surface area contributed by atoms with Gasteiger partial charge in [0, 0.05) is 57.3 Å². The molecule has 5 heteroatoms. The van der Waals surface area contributed by atoms with Crippen LogP contribution < -0.4 is 5.32 Å². The molecule has 0 radical (unpaired) electrons. The van der Waals surface area contributed by atoms with Crippen molar-refractivity contribution in [3.63, 3.8) is 0 Å². The van der Waals surface area contributed by atoms with Crippen LogP contribution in [0.25, 0.3) is 0 Å². The van der Waals surface area contributed by atoms with E-state index in [1.807, 2.05) is 0 Å². The molecule has 5 nitrogen and oxygen atoms in total. The predicted molar refractivity (Wildman–Crippen MR) is 83.6 cm³/mol. The molecule has 21 heavy (non-hydrogen) atoms. The summed E-state index contributed by atoms with van der Waals surface area (Å²) in [7, 11) is 0. The molecule has 1 saturated heterocycles. The van der Waals surface area contributed by atoms with Crippen molar-refractivity contribution in [2.45, 2.75) is 45.7 Å². The van der Waals surface area contributed by atoms with Gasteiger partial charge >= 0.3 is 0 Å². The van der Waals surface area contributed by atoms with E-state index in [-0.39, 0.29) is 0 Å². The molecule has 1 aromatic heterocycles. The summed E-state index contributed by atoms with van der Waals surface area (Å²) in [5, 5.41) is 3.44. The van der Waals surface area contributed by atoms with Gasteiger partial charge in [-0.15, -0.1) is 0 Å². The summed E-state index contributed by atoms with van der Waals surface area (Å²) in [6.07, 6.45) is 3.35. The number of nitrogens with zero attached hydrogens (tertiary/aromatic N) is 3. The number of rotatable bonds is 5. The van der Waals surface area contributed by atoms with E-state index in [2.05, 4.69) is 28.6 Å². The molecule has 1 fully saturated rings. The van der Waals surface area contributed by atoms with Crippen LogP contribution in [0.3, 0.4) is 0 Å². The van der Waals surface area contributed by atoms with Gasteiger partial charge in [0.2, 0.25) is 0 Å². The lowest BCUT2D eigenvalue weighted by Gasteiger charge is -2.31. The number of morpholine rings is 1. The van der Waals surface area contributed by atoms with Crippen molar-refractivity contribution in [1.29, 1.82) is 0 Å².